The number of H-pyrrole nitrogens is 1. The molecular weight excluding hydrogens is 266 g/mol. The van der Waals surface area contributed by atoms with Crippen molar-refractivity contribution in [2.75, 3.05) is 0 Å². The SMILES string of the molecule is Cc1cc(Oc2ccc(S(=O)(=O)Cl)cn2)n[nH]1. The molecule has 0 spiro atoms. The number of rotatable bonds is 3. The summed E-state index contributed by atoms with van der Waals surface area (Å²) >= 11 is 0. The second-order valence-corrected chi connectivity index (χ2v) is 5.83. The van der Waals surface area contributed by atoms with Crippen molar-refractivity contribution in [1.29, 1.82) is 0 Å². The van der Waals surface area contributed by atoms with Gasteiger partial charge in [0.25, 0.3) is 9.05 Å². The molecule has 2 aromatic rings. The van der Waals surface area contributed by atoms with Crippen molar-refractivity contribution in [3.63, 3.8) is 0 Å². The van der Waals surface area contributed by atoms with Crippen LogP contribution in [0.25, 0.3) is 0 Å². The first-order valence-electron chi connectivity index (χ1n) is 4.56. The van der Waals surface area contributed by atoms with Crippen molar-refractivity contribution < 1.29 is 13.2 Å². The van der Waals surface area contributed by atoms with E-state index < -0.39 is 9.05 Å². The van der Waals surface area contributed by atoms with Gasteiger partial charge in [-0.2, -0.15) is 0 Å². The van der Waals surface area contributed by atoms with Crippen LogP contribution < -0.4 is 4.74 Å². The molecule has 0 aliphatic rings. The zero-order valence-electron chi connectivity index (χ0n) is 8.71. The number of pyridine rings is 1. The van der Waals surface area contributed by atoms with Gasteiger partial charge in [-0.3, -0.25) is 5.10 Å². The zero-order valence-corrected chi connectivity index (χ0v) is 10.3. The Hall–Kier alpha value is -1.60. The van der Waals surface area contributed by atoms with Gasteiger partial charge in [-0.15, -0.1) is 5.10 Å². The largest absolute Gasteiger partial charge is 0.419 e. The molecule has 2 rings (SSSR count). The van der Waals surface area contributed by atoms with Gasteiger partial charge in [-0.25, -0.2) is 13.4 Å². The van der Waals surface area contributed by atoms with Crippen molar-refractivity contribution in [2.45, 2.75) is 11.8 Å². The molecule has 0 bridgehead atoms. The van der Waals surface area contributed by atoms with Crippen molar-refractivity contribution >= 4 is 19.7 Å². The highest BCUT2D eigenvalue weighted by Gasteiger charge is 2.10. The first kappa shape index (κ1) is 11.9. The second kappa shape index (κ2) is 4.34. The van der Waals surface area contributed by atoms with Crippen molar-refractivity contribution in [3.05, 3.63) is 30.1 Å². The Bertz CT molecular complexity index is 621. The molecule has 8 heteroatoms. The summed E-state index contributed by atoms with van der Waals surface area (Å²) in [5, 5.41) is 6.56. The summed E-state index contributed by atoms with van der Waals surface area (Å²) in [6, 6.07) is 4.40. The smallest absolute Gasteiger partial charge is 0.262 e. The molecular formula is C9H8ClN3O3S. The average molecular weight is 274 g/mol. The van der Waals surface area contributed by atoms with Crippen LogP contribution in [0, 0.1) is 6.92 Å². The molecule has 1 N–H and O–H groups in total. The Morgan fingerprint density at radius 3 is 2.59 bits per heavy atom. The van der Waals surface area contributed by atoms with E-state index in [9.17, 15) is 8.42 Å². The highest BCUT2D eigenvalue weighted by atomic mass is 35.7. The molecule has 0 radical (unpaired) electrons. The van der Waals surface area contributed by atoms with E-state index in [4.69, 9.17) is 15.4 Å². The van der Waals surface area contributed by atoms with Crippen molar-refractivity contribution in [1.82, 2.24) is 15.2 Å². The Kier molecular flexibility index (Phi) is 3.03. The number of nitrogens with one attached hydrogen (secondary N) is 1. The third kappa shape index (κ3) is 2.95. The summed E-state index contributed by atoms with van der Waals surface area (Å²) in [5.74, 6) is 0.594. The van der Waals surface area contributed by atoms with Gasteiger partial charge in [-0.1, -0.05) is 0 Å². The molecule has 0 amide bonds. The average Bonchev–Trinajstić information content (AvgIpc) is 2.63. The van der Waals surface area contributed by atoms with Crippen LogP contribution in [0.3, 0.4) is 0 Å². The fraction of sp³-hybridized carbons (Fsp3) is 0.111. The summed E-state index contributed by atoms with van der Waals surface area (Å²) < 4.78 is 27.2. The second-order valence-electron chi connectivity index (χ2n) is 3.26. The Labute approximate surface area is 102 Å². The summed E-state index contributed by atoms with van der Waals surface area (Å²) in [4.78, 5) is 3.73. The van der Waals surface area contributed by atoms with Crippen LogP contribution in [0.15, 0.2) is 29.3 Å². The minimum Gasteiger partial charge on any atom is -0.419 e. The number of hydrogen-bond acceptors (Lipinski definition) is 5. The number of hydrogen-bond donors (Lipinski definition) is 1. The van der Waals surface area contributed by atoms with Crippen LogP contribution >= 0.6 is 10.7 Å². The minimum absolute atomic E-state index is 0.0790. The topological polar surface area (TPSA) is 84.9 Å². The van der Waals surface area contributed by atoms with Gasteiger partial charge in [0.15, 0.2) is 0 Å². The van der Waals surface area contributed by atoms with E-state index in [0.29, 0.717) is 5.88 Å². The predicted octanol–water partition coefficient (Wildman–Crippen LogP) is 1.83. The number of nitrogens with zero attached hydrogens (tertiary/aromatic N) is 2. The fourth-order valence-corrected chi connectivity index (χ4v) is 1.81. The lowest BCUT2D eigenvalue weighted by molar-refractivity contribution is 0.442. The Morgan fingerprint density at radius 2 is 2.12 bits per heavy atom. The van der Waals surface area contributed by atoms with E-state index in [0.717, 1.165) is 11.9 Å². The number of aromatic amines is 1. The maximum atomic E-state index is 11.0. The van der Waals surface area contributed by atoms with Gasteiger partial charge in [0, 0.05) is 28.5 Å². The summed E-state index contributed by atoms with van der Waals surface area (Å²) in [5.41, 5.74) is 0.847. The van der Waals surface area contributed by atoms with Gasteiger partial charge in [-0.05, 0) is 13.0 Å². The van der Waals surface area contributed by atoms with E-state index in [2.05, 4.69) is 15.2 Å². The van der Waals surface area contributed by atoms with Crippen LogP contribution in [0.5, 0.6) is 11.8 Å². The van der Waals surface area contributed by atoms with Crippen LogP contribution in [0.4, 0.5) is 0 Å². The molecule has 0 saturated heterocycles. The van der Waals surface area contributed by atoms with E-state index in [1.807, 2.05) is 6.92 Å². The molecule has 2 heterocycles. The molecule has 0 unspecified atom stereocenters. The lowest BCUT2D eigenvalue weighted by atomic mass is 10.5. The van der Waals surface area contributed by atoms with Gasteiger partial charge in [0.1, 0.15) is 4.90 Å². The molecule has 0 aromatic carbocycles. The standard InChI is InChI=1S/C9H8ClN3O3S/c1-6-4-9(13-12-6)16-8-3-2-7(5-11-8)17(10,14)15/h2-5H,1H3,(H,12,13). The van der Waals surface area contributed by atoms with Crippen molar-refractivity contribution in [2.24, 2.45) is 0 Å². The molecule has 90 valence electrons. The summed E-state index contributed by atoms with van der Waals surface area (Å²) in [7, 11) is 1.39. The van der Waals surface area contributed by atoms with Crippen molar-refractivity contribution in [3.8, 4) is 11.8 Å². The molecule has 17 heavy (non-hydrogen) atoms. The summed E-state index contributed by atoms with van der Waals surface area (Å²) in [6.07, 6.45) is 1.12. The van der Waals surface area contributed by atoms with E-state index in [-0.39, 0.29) is 10.8 Å². The maximum Gasteiger partial charge on any atom is 0.262 e. The number of ether oxygens (including phenoxy) is 1. The van der Waals surface area contributed by atoms with Crippen LogP contribution in [0.1, 0.15) is 5.69 Å². The lowest BCUT2D eigenvalue weighted by Crippen LogP contribution is -1.93. The third-order valence-electron chi connectivity index (χ3n) is 1.88. The fourth-order valence-electron chi connectivity index (χ4n) is 1.12. The third-order valence-corrected chi connectivity index (χ3v) is 3.22. The molecule has 0 aliphatic heterocycles. The first-order chi connectivity index (χ1) is 7.95. The van der Waals surface area contributed by atoms with Crippen LogP contribution in [0.2, 0.25) is 0 Å². The molecule has 0 aliphatic carbocycles. The molecule has 2 aromatic heterocycles. The summed E-state index contributed by atoms with van der Waals surface area (Å²) in [6.45, 7) is 1.83. The minimum atomic E-state index is -3.76. The number of halogens is 1. The predicted molar refractivity (Wildman–Crippen MR) is 60.7 cm³/mol. The Balaban J connectivity index is 2.19. The van der Waals surface area contributed by atoms with E-state index in [1.54, 1.807) is 6.07 Å². The first-order valence-corrected chi connectivity index (χ1v) is 6.87. The van der Waals surface area contributed by atoms with Gasteiger partial charge in [0.05, 0.1) is 6.20 Å². The van der Waals surface area contributed by atoms with Gasteiger partial charge in [0.2, 0.25) is 11.8 Å². The quantitative estimate of drug-likeness (QED) is 0.863. The molecule has 0 saturated carbocycles. The zero-order chi connectivity index (χ0) is 12.5. The highest BCUT2D eigenvalue weighted by Crippen LogP contribution is 2.20. The van der Waals surface area contributed by atoms with Gasteiger partial charge >= 0.3 is 0 Å². The normalized spacial score (nSPS) is 11.4. The van der Waals surface area contributed by atoms with Crippen LogP contribution in [-0.2, 0) is 9.05 Å². The van der Waals surface area contributed by atoms with Gasteiger partial charge < -0.3 is 4.74 Å². The van der Waals surface area contributed by atoms with Crippen LogP contribution in [-0.4, -0.2) is 23.6 Å². The Morgan fingerprint density at radius 1 is 1.35 bits per heavy atom. The number of aryl methyl sites for hydroxylation is 1. The highest BCUT2D eigenvalue weighted by molar-refractivity contribution is 8.13. The van der Waals surface area contributed by atoms with E-state index in [1.165, 1.54) is 12.1 Å². The lowest BCUT2D eigenvalue weighted by Gasteiger charge is -2.00. The molecule has 0 fully saturated rings. The monoisotopic (exact) mass is 273 g/mol. The maximum absolute atomic E-state index is 11.0. The van der Waals surface area contributed by atoms with E-state index >= 15 is 0 Å². The number of aromatic nitrogens is 3. The molecule has 6 nitrogen and oxygen atoms in total. The molecule has 0 atom stereocenters.